The summed E-state index contributed by atoms with van der Waals surface area (Å²) in [6, 6.07) is 0. The van der Waals surface area contributed by atoms with E-state index in [0.717, 1.165) is 12.8 Å². The first-order valence-electron chi connectivity index (χ1n) is 8.16. The Morgan fingerprint density at radius 2 is 0.750 bits per heavy atom. The molecule has 0 saturated carbocycles. The van der Waals surface area contributed by atoms with Gasteiger partial charge in [-0.2, -0.15) is 0 Å². The van der Waals surface area contributed by atoms with E-state index >= 15 is 0 Å². The lowest BCUT2D eigenvalue weighted by Gasteiger charge is -2.01. The standard InChI is InChI=1S/C12H26O2.C4H10O2/c13-11-9-7-5-3-1-2-4-6-8-10-12-14;1-4(2-5)3-6/h13-14H,1-12H2;4-6H,2-3H2,1H3. The molecule has 20 heavy (non-hydrogen) atoms. The molecular formula is C16H36O4. The molecule has 0 atom stereocenters. The third kappa shape index (κ3) is 23.0. The van der Waals surface area contributed by atoms with Gasteiger partial charge in [0.15, 0.2) is 0 Å². The number of hydrogen-bond acceptors (Lipinski definition) is 4. The van der Waals surface area contributed by atoms with Gasteiger partial charge in [-0.1, -0.05) is 58.3 Å². The fourth-order valence-corrected chi connectivity index (χ4v) is 1.70. The first-order chi connectivity index (χ1) is 9.72. The van der Waals surface area contributed by atoms with Gasteiger partial charge in [0.2, 0.25) is 0 Å². The van der Waals surface area contributed by atoms with Gasteiger partial charge in [0.25, 0.3) is 0 Å². The number of unbranched alkanes of at least 4 members (excludes halogenated alkanes) is 9. The van der Waals surface area contributed by atoms with Crippen LogP contribution in [0.1, 0.15) is 71.1 Å². The van der Waals surface area contributed by atoms with Gasteiger partial charge in [-0.05, 0) is 12.8 Å². The molecule has 0 aromatic heterocycles. The average molecular weight is 292 g/mol. The van der Waals surface area contributed by atoms with Gasteiger partial charge in [-0.15, -0.1) is 0 Å². The summed E-state index contributed by atoms with van der Waals surface area (Å²) in [5.74, 6) is 0.0463. The Kier molecular flexibility index (Phi) is 23.4. The van der Waals surface area contributed by atoms with E-state index < -0.39 is 0 Å². The molecule has 0 rings (SSSR count). The number of aliphatic hydroxyl groups excluding tert-OH is 4. The van der Waals surface area contributed by atoms with E-state index in [1.807, 2.05) is 0 Å². The minimum atomic E-state index is 0.0463. The Hall–Kier alpha value is -0.160. The van der Waals surface area contributed by atoms with Gasteiger partial charge < -0.3 is 20.4 Å². The van der Waals surface area contributed by atoms with Gasteiger partial charge in [-0.3, -0.25) is 0 Å². The summed E-state index contributed by atoms with van der Waals surface area (Å²) in [6.07, 6.45) is 12.2. The molecule has 4 N–H and O–H groups in total. The Balaban J connectivity index is 0. The Morgan fingerprint density at radius 1 is 0.500 bits per heavy atom. The highest BCUT2D eigenvalue weighted by molar-refractivity contribution is 4.47. The Morgan fingerprint density at radius 3 is 0.900 bits per heavy atom. The lowest BCUT2D eigenvalue weighted by molar-refractivity contribution is 0.162. The lowest BCUT2D eigenvalue weighted by atomic mass is 10.1. The third-order valence-electron chi connectivity index (χ3n) is 3.19. The van der Waals surface area contributed by atoms with Gasteiger partial charge in [-0.25, -0.2) is 0 Å². The lowest BCUT2D eigenvalue weighted by Crippen LogP contribution is -2.04. The Labute approximate surface area is 124 Å². The van der Waals surface area contributed by atoms with Crippen molar-refractivity contribution in [3.8, 4) is 0 Å². The van der Waals surface area contributed by atoms with E-state index in [1.54, 1.807) is 6.92 Å². The second kappa shape index (κ2) is 21.1. The SMILES string of the molecule is CC(CO)CO.OCCCCCCCCCCCCO. The van der Waals surface area contributed by atoms with Crippen LogP contribution in [0.2, 0.25) is 0 Å². The van der Waals surface area contributed by atoms with Crippen LogP contribution in [0.3, 0.4) is 0 Å². The topological polar surface area (TPSA) is 80.9 Å². The van der Waals surface area contributed by atoms with E-state index in [9.17, 15) is 0 Å². The molecule has 0 saturated heterocycles. The largest absolute Gasteiger partial charge is 0.396 e. The highest BCUT2D eigenvalue weighted by atomic mass is 16.3. The maximum Gasteiger partial charge on any atom is 0.0478 e. The second-order valence-corrected chi connectivity index (χ2v) is 5.45. The van der Waals surface area contributed by atoms with Crippen molar-refractivity contribution in [1.29, 1.82) is 0 Å². The Bertz CT molecular complexity index is 137. The maximum absolute atomic E-state index is 8.57. The van der Waals surface area contributed by atoms with Crippen molar-refractivity contribution >= 4 is 0 Å². The minimum Gasteiger partial charge on any atom is -0.396 e. The molecule has 124 valence electrons. The van der Waals surface area contributed by atoms with E-state index in [1.165, 1.54) is 51.4 Å². The molecule has 0 heterocycles. The maximum atomic E-state index is 8.57. The van der Waals surface area contributed by atoms with Crippen LogP contribution in [0.4, 0.5) is 0 Å². The monoisotopic (exact) mass is 292 g/mol. The quantitative estimate of drug-likeness (QED) is 0.393. The van der Waals surface area contributed by atoms with Crippen LogP contribution in [0.15, 0.2) is 0 Å². The predicted octanol–water partition coefficient (Wildman–Crippen LogP) is 2.48. The van der Waals surface area contributed by atoms with Crippen LogP contribution in [-0.4, -0.2) is 46.9 Å². The molecule has 4 heteroatoms. The van der Waals surface area contributed by atoms with Crippen molar-refractivity contribution in [1.82, 2.24) is 0 Å². The summed E-state index contributed by atoms with van der Waals surface area (Å²) in [6.45, 7) is 2.63. The van der Waals surface area contributed by atoms with Gasteiger partial charge in [0.05, 0.1) is 0 Å². The van der Waals surface area contributed by atoms with Crippen LogP contribution in [0, 0.1) is 5.92 Å². The van der Waals surface area contributed by atoms with Crippen molar-refractivity contribution in [2.24, 2.45) is 5.92 Å². The smallest absolute Gasteiger partial charge is 0.0478 e. The van der Waals surface area contributed by atoms with Crippen LogP contribution < -0.4 is 0 Å². The van der Waals surface area contributed by atoms with Crippen LogP contribution in [0.25, 0.3) is 0 Å². The van der Waals surface area contributed by atoms with Gasteiger partial charge >= 0.3 is 0 Å². The molecule has 0 aliphatic heterocycles. The molecule has 0 fully saturated rings. The molecular weight excluding hydrogens is 256 g/mol. The van der Waals surface area contributed by atoms with Crippen molar-refractivity contribution in [3.63, 3.8) is 0 Å². The summed E-state index contributed by atoms with van der Waals surface area (Å²) in [4.78, 5) is 0. The van der Waals surface area contributed by atoms with Crippen LogP contribution in [0.5, 0.6) is 0 Å². The summed E-state index contributed by atoms with van der Waals surface area (Å²) in [7, 11) is 0. The van der Waals surface area contributed by atoms with Crippen LogP contribution in [-0.2, 0) is 0 Å². The normalized spacial score (nSPS) is 10.5. The number of aliphatic hydroxyl groups is 4. The average Bonchev–Trinajstić information content (AvgIpc) is 2.49. The number of hydrogen-bond donors (Lipinski definition) is 4. The van der Waals surface area contributed by atoms with Crippen molar-refractivity contribution < 1.29 is 20.4 Å². The molecule has 0 bridgehead atoms. The molecule has 0 radical (unpaired) electrons. The van der Waals surface area contributed by atoms with E-state index in [2.05, 4.69) is 0 Å². The van der Waals surface area contributed by atoms with E-state index in [-0.39, 0.29) is 19.1 Å². The van der Waals surface area contributed by atoms with E-state index in [0.29, 0.717) is 13.2 Å². The second-order valence-electron chi connectivity index (χ2n) is 5.45. The fourth-order valence-electron chi connectivity index (χ4n) is 1.70. The molecule has 0 spiro atoms. The summed E-state index contributed by atoms with van der Waals surface area (Å²) in [5.41, 5.74) is 0. The molecule has 4 nitrogen and oxygen atoms in total. The number of rotatable bonds is 13. The molecule has 0 unspecified atom stereocenters. The zero-order chi connectivity index (χ0) is 15.5. The van der Waals surface area contributed by atoms with Crippen molar-refractivity contribution in [3.05, 3.63) is 0 Å². The molecule has 0 aliphatic carbocycles. The third-order valence-corrected chi connectivity index (χ3v) is 3.19. The fraction of sp³-hybridized carbons (Fsp3) is 1.00. The van der Waals surface area contributed by atoms with Crippen molar-refractivity contribution in [2.45, 2.75) is 71.1 Å². The zero-order valence-corrected chi connectivity index (χ0v) is 13.3. The zero-order valence-electron chi connectivity index (χ0n) is 13.3. The van der Waals surface area contributed by atoms with Gasteiger partial charge in [0.1, 0.15) is 0 Å². The summed E-state index contributed by atoms with van der Waals surface area (Å²) in [5, 5.41) is 33.5. The highest BCUT2D eigenvalue weighted by Gasteiger charge is 1.92. The summed E-state index contributed by atoms with van der Waals surface area (Å²) >= 11 is 0. The van der Waals surface area contributed by atoms with E-state index in [4.69, 9.17) is 20.4 Å². The highest BCUT2D eigenvalue weighted by Crippen LogP contribution is 2.10. The minimum absolute atomic E-state index is 0.0463. The molecule has 0 aromatic carbocycles. The van der Waals surface area contributed by atoms with Gasteiger partial charge in [0, 0.05) is 32.3 Å². The molecule has 0 aromatic rings. The molecule has 0 amide bonds. The summed E-state index contributed by atoms with van der Waals surface area (Å²) < 4.78 is 0. The van der Waals surface area contributed by atoms with Crippen molar-refractivity contribution in [2.75, 3.05) is 26.4 Å². The molecule has 0 aliphatic rings. The first-order valence-corrected chi connectivity index (χ1v) is 8.16. The van der Waals surface area contributed by atoms with Crippen LogP contribution >= 0.6 is 0 Å². The first kappa shape index (κ1) is 22.1. The predicted molar refractivity (Wildman–Crippen MR) is 83.7 cm³/mol.